The first-order chi connectivity index (χ1) is 24.3. The summed E-state index contributed by atoms with van der Waals surface area (Å²) in [6.07, 6.45) is 9.67. The van der Waals surface area contributed by atoms with E-state index in [0.29, 0.717) is 0 Å². The second-order valence-electron chi connectivity index (χ2n) is 16.1. The number of carbonyl (C=O) groups excluding carboxylic acids is 12. The molecule has 0 atom stereocenters. The van der Waals surface area contributed by atoms with Crippen molar-refractivity contribution in [3.05, 3.63) is 72.9 Å². The van der Waals surface area contributed by atoms with Crippen molar-refractivity contribution < 1.29 is 57.5 Å². The van der Waals surface area contributed by atoms with E-state index in [0.717, 1.165) is 72.9 Å². The van der Waals surface area contributed by atoms with E-state index in [9.17, 15) is 57.5 Å². The molecule has 12 heteroatoms. The van der Waals surface area contributed by atoms with Gasteiger partial charge in [0.25, 0.3) is 0 Å². The molecule has 0 saturated carbocycles. The van der Waals surface area contributed by atoms with Gasteiger partial charge in [0.05, 0.1) is 32.5 Å². The Morgan fingerprint density at radius 1 is 0.185 bits per heavy atom. The minimum atomic E-state index is -1.79. The van der Waals surface area contributed by atoms with Gasteiger partial charge in [0.2, 0.25) is 0 Å². The highest BCUT2D eigenvalue weighted by Gasteiger charge is 2.40. The second kappa shape index (κ2) is 16.7. The van der Waals surface area contributed by atoms with Crippen molar-refractivity contribution in [2.45, 2.75) is 83.1 Å². The van der Waals surface area contributed by atoms with Crippen molar-refractivity contribution in [2.75, 3.05) is 0 Å². The van der Waals surface area contributed by atoms with Gasteiger partial charge in [-0.1, -0.05) is 0 Å². The number of rotatable bonds is 0. The van der Waals surface area contributed by atoms with Crippen LogP contribution >= 0.6 is 0 Å². The van der Waals surface area contributed by atoms with Crippen LogP contribution in [0.1, 0.15) is 83.1 Å². The summed E-state index contributed by atoms with van der Waals surface area (Å²) in [5.41, 5.74) is -10.8. The molecule has 0 aromatic rings. The summed E-state index contributed by atoms with van der Waals surface area (Å²) >= 11 is 0. The van der Waals surface area contributed by atoms with Crippen molar-refractivity contribution in [2.24, 2.45) is 32.5 Å². The van der Waals surface area contributed by atoms with Gasteiger partial charge in [-0.3, -0.25) is 57.5 Å². The van der Waals surface area contributed by atoms with E-state index in [-0.39, 0.29) is 0 Å². The molecule has 0 amide bonds. The van der Waals surface area contributed by atoms with E-state index in [4.69, 9.17) is 0 Å². The largest absolute Gasteiger partial charge is 0.294 e. The summed E-state index contributed by atoms with van der Waals surface area (Å²) in [5.74, 6) is -10.2. The third-order valence-electron chi connectivity index (χ3n) is 9.71. The van der Waals surface area contributed by atoms with E-state index < -0.39 is 102 Å². The maximum Gasteiger partial charge on any atom is 0.169 e. The van der Waals surface area contributed by atoms with Crippen LogP contribution in [0.25, 0.3) is 0 Å². The number of hydrogen-bond acceptors (Lipinski definition) is 12. The molecule has 0 aliphatic heterocycles. The van der Waals surface area contributed by atoms with Crippen LogP contribution in [0.3, 0.4) is 0 Å². The highest BCUT2D eigenvalue weighted by Crippen LogP contribution is 2.27. The molecule has 1 rings (SSSR count). The van der Waals surface area contributed by atoms with Gasteiger partial charge >= 0.3 is 0 Å². The van der Waals surface area contributed by atoms with Crippen molar-refractivity contribution in [3.8, 4) is 0 Å². The van der Waals surface area contributed by atoms with E-state index >= 15 is 0 Å². The molecule has 288 valence electrons. The summed E-state index contributed by atoms with van der Waals surface area (Å²) in [6, 6.07) is 0. The number of ketones is 12. The standard InChI is InChI=1S/C42H48O12/c1-37(2)25(43)13-15-27(45)38(3,4)29(47)17-19-31(49)40(7,8)33(51)21-23-35(53)42(11,12)36(54)24-22-34(52)41(9,10)32(50)20-18-30(48)39(5,6)28(46)16-14-26(37)44/h13-24H,1-12H3/b15-13-,16-14-,19-17-,20-18-,23-21-,24-22-. The van der Waals surface area contributed by atoms with E-state index in [1.54, 1.807) is 0 Å². The average Bonchev–Trinajstić information content (AvgIpc) is 3.09. The predicted molar refractivity (Wildman–Crippen MR) is 198 cm³/mol. The lowest BCUT2D eigenvalue weighted by Crippen LogP contribution is -2.35. The topological polar surface area (TPSA) is 205 Å². The number of carbonyl (C=O) groups is 12. The smallest absolute Gasteiger partial charge is 0.169 e. The minimum absolute atomic E-state index is 0.806. The van der Waals surface area contributed by atoms with E-state index in [1.807, 2.05) is 0 Å². The fraction of sp³-hybridized carbons (Fsp3) is 0.429. The summed E-state index contributed by atoms with van der Waals surface area (Å²) in [4.78, 5) is 156. The average molecular weight is 745 g/mol. The highest BCUT2D eigenvalue weighted by molar-refractivity contribution is 6.24. The first kappa shape index (κ1) is 46.5. The minimum Gasteiger partial charge on any atom is -0.294 e. The lowest BCUT2D eigenvalue weighted by molar-refractivity contribution is -0.136. The molecule has 0 radical (unpaired) electrons. The molecule has 0 fully saturated rings. The molecule has 0 aromatic heterocycles. The first-order valence-electron chi connectivity index (χ1n) is 16.9. The summed E-state index contributed by atoms with van der Waals surface area (Å²) in [7, 11) is 0. The molecule has 0 unspecified atom stereocenters. The van der Waals surface area contributed by atoms with Crippen LogP contribution in [0.5, 0.6) is 0 Å². The lowest BCUT2D eigenvalue weighted by Gasteiger charge is -2.21. The molecule has 0 bridgehead atoms. The van der Waals surface area contributed by atoms with Gasteiger partial charge in [-0.2, -0.15) is 0 Å². The maximum atomic E-state index is 13.0. The predicted octanol–water partition coefficient (Wildman–Crippen LogP) is 4.32. The van der Waals surface area contributed by atoms with Crippen LogP contribution in [0.15, 0.2) is 72.9 Å². The summed E-state index contributed by atoms with van der Waals surface area (Å²) in [5, 5.41) is 0. The van der Waals surface area contributed by atoms with Gasteiger partial charge < -0.3 is 0 Å². The van der Waals surface area contributed by atoms with Crippen LogP contribution < -0.4 is 0 Å². The second-order valence-corrected chi connectivity index (χ2v) is 16.1. The quantitative estimate of drug-likeness (QED) is 0.318. The number of hydrogen-bond donors (Lipinski definition) is 0. The third-order valence-corrected chi connectivity index (χ3v) is 9.71. The summed E-state index contributed by atoms with van der Waals surface area (Å²) < 4.78 is 0. The maximum absolute atomic E-state index is 13.0. The van der Waals surface area contributed by atoms with Gasteiger partial charge in [-0.15, -0.1) is 0 Å². The Balaban J connectivity index is 3.73. The normalized spacial score (nSPS) is 26.9. The molecule has 0 aromatic carbocycles. The van der Waals surface area contributed by atoms with Crippen molar-refractivity contribution >= 4 is 69.4 Å². The Morgan fingerprint density at radius 3 is 0.296 bits per heavy atom. The number of allylic oxidation sites excluding steroid dienone is 12. The molecule has 0 saturated heterocycles. The summed E-state index contributed by atoms with van der Waals surface area (Å²) in [6.45, 7) is 14.9. The van der Waals surface area contributed by atoms with Gasteiger partial charge in [0.15, 0.2) is 69.4 Å². The van der Waals surface area contributed by atoms with Crippen LogP contribution in [-0.4, -0.2) is 69.4 Å². The van der Waals surface area contributed by atoms with Crippen molar-refractivity contribution in [1.82, 2.24) is 0 Å². The van der Waals surface area contributed by atoms with Crippen LogP contribution in [-0.2, 0) is 57.5 Å². The zero-order chi connectivity index (χ0) is 42.4. The zero-order valence-corrected chi connectivity index (χ0v) is 32.8. The fourth-order valence-corrected chi connectivity index (χ4v) is 4.14. The van der Waals surface area contributed by atoms with Crippen molar-refractivity contribution in [1.29, 1.82) is 0 Å². The first-order valence-corrected chi connectivity index (χ1v) is 16.9. The van der Waals surface area contributed by atoms with Crippen molar-refractivity contribution in [3.63, 3.8) is 0 Å². The molecular formula is C42H48O12. The molecule has 1 aliphatic carbocycles. The molecule has 1 aliphatic rings. The van der Waals surface area contributed by atoms with Crippen LogP contribution in [0.2, 0.25) is 0 Å². The fourth-order valence-electron chi connectivity index (χ4n) is 4.14. The molecule has 0 spiro atoms. The van der Waals surface area contributed by atoms with Gasteiger partial charge in [0, 0.05) is 0 Å². The van der Waals surface area contributed by atoms with Gasteiger partial charge in [-0.25, -0.2) is 0 Å². The molecule has 0 heterocycles. The molecule has 12 nitrogen and oxygen atoms in total. The van der Waals surface area contributed by atoms with Gasteiger partial charge in [-0.05, 0) is 156 Å². The molecular weight excluding hydrogens is 696 g/mol. The highest BCUT2D eigenvalue weighted by atomic mass is 16.2. The van der Waals surface area contributed by atoms with Crippen LogP contribution in [0.4, 0.5) is 0 Å². The molecule has 54 heavy (non-hydrogen) atoms. The Kier molecular flexibility index (Phi) is 14.3. The van der Waals surface area contributed by atoms with E-state index in [1.165, 1.54) is 83.1 Å². The Hall–Kier alpha value is -5.52. The zero-order valence-electron chi connectivity index (χ0n) is 32.8. The Labute approximate surface area is 314 Å². The van der Waals surface area contributed by atoms with Crippen LogP contribution in [0, 0.1) is 32.5 Å². The van der Waals surface area contributed by atoms with Gasteiger partial charge in [0.1, 0.15) is 0 Å². The Morgan fingerprint density at radius 2 is 0.241 bits per heavy atom. The Bertz CT molecular complexity index is 1430. The SMILES string of the molecule is CC1(C)C(=O)/C=C\C(=O)C(C)(C)C(=O)/C=C\C(=O)C(C)(C)C(=O)/C=C\C(=O)C(C)(C)C(=O)/C=C\C(=O)C(C)(C)C(=O)/C=C\C(=O)C(C)(C)C(=O)/C=C\C1=O. The molecule has 0 N–H and O–H groups in total. The lowest BCUT2D eigenvalue weighted by atomic mass is 9.78. The third kappa shape index (κ3) is 10.3. The van der Waals surface area contributed by atoms with E-state index in [2.05, 4.69) is 0 Å². The monoisotopic (exact) mass is 744 g/mol.